The predicted octanol–water partition coefficient (Wildman–Crippen LogP) is 2.44. The zero-order chi connectivity index (χ0) is 30.9. The largest absolute Gasteiger partial charge is 0.379 e. The fourth-order valence-corrected chi connectivity index (χ4v) is 6.04. The first-order valence-electron chi connectivity index (χ1n) is 13.9. The van der Waals surface area contributed by atoms with Crippen LogP contribution in [0.1, 0.15) is 37.0 Å². The van der Waals surface area contributed by atoms with E-state index in [1.54, 1.807) is 22.8 Å². The van der Waals surface area contributed by atoms with Gasteiger partial charge in [0, 0.05) is 38.3 Å². The molecule has 2 N–H and O–H groups in total. The van der Waals surface area contributed by atoms with Crippen LogP contribution >= 0.6 is 0 Å². The van der Waals surface area contributed by atoms with Gasteiger partial charge in [-0.3, -0.25) is 18.7 Å². The fraction of sp³-hybridized carbons (Fsp3) is 0.333. The van der Waals surface area contributed by atoms with E-state index in [4.69, 9.17) is 14.9 Å². The molecule has 1 fully saturated rings. The van der Waals surface area contributed by atoms with Crippen molar-refractivity contribution in [3.05, 3.63) is 92.6 Å². The number of anilines is 1. The van der Waals surface area contributed by atoms with Crippen molar-refractivity contribution in [2.24, 2.45) is 12.8 Å². The zero-order valence-electron chi connectivity index (χ0n) is 24.3. The van der Waals surface area contributed by atoms with Crippen LogP contribution in [0.25, 0.3) is 11.2 Å². The first-order valence-corrected chi connectivity index (χ1v) is 15.3. The molecule has 12 nitrogen and oxygen atoms in total. The van der Waals surface area contributed by atoms with Gasteiger partial charge >= 0.3 is 15.8 Å². The molecule has 0 saturated carbocycles. The normalized spacial score (nSPS) is 15.4. The van der Waals surface area contributed by atoms with Gasteiger partial charge in [-0.15, -0.1) is 0 Å². The number of benzene rings is 2. The van der Waals surface area contributed by atoms with Crippen LogP contribution in [0.3, 0.4) is 0 Å². The van der Waals surface area contributed by atoms with Gasteiger partial charge in [0.05, 0.1) is 6.54 Å². The molecule has 1 saturated heterocycles. The summed E-state index contributed by atoms with van der Waals surface area (Å²) in [6.07, 6.45) is 3.73. The number of imidazole rings is 1. The number of ketones is 1. The first-order chi connectivity index (χ1) is 20.5. The molecule has 13 heteroatoms. The summed E-state index contributed by atoms with van der Waals surface area (Å²) in [5, 5.41) is 0. The Morgan fingerprint density at radius 2 is 1.84 bits per heavy atom. The first kappa shape index (κ1) is 30.0. The molecule has 0 aliphatic carbocycles. The molecule has 2 aromatic heterocycles. The monoisotopic (exact) mass is 606 g/mol. The molecular weight excluding hydrogens is 572 g/mol. The highest BCUT2D eigenvalue weighted by Gasteiger charge is 2.27. The number of aryl methyl sites for hydroxylation is 1. The van der Waals surface area contributed by atoms with Gasteiger partial charge in [-0.05, 0) is 51.0 Å². The van der Waals surface area contributed by atoms with Crippen LogP contribution in [0.4, 0.5) is 5.95 Å². The number of carbonyl (C=O) groups excluding carboxylic acids is 1. The van der Waals surface area contributed by atoms with Gasteiger partial charge in [0.1, 0.15) is 10.6 Å². The van der Waals surface area contributed by atoms with Crippen molar-refractivity contribution in [2.75, 3.05) is 18.0 Å². The molecule has 4 aromatic rings. The lowest BCUT2D eigenvalue weighted by molar-refractivity contribution is 0.0968. The Labute approximate surface area is 248 Å². The molecule has 43 heavy (non-hydrogen) atoms. The van der Waals surface area contributed by atoms with Gasteiger partial charge in [-0.2, -0.15) is 13.4 Å². The Kier molecular flexibility index (Phi) is 8.38. The molecule has 2 aromatic carbocycles. The molecule has 5 rings (SSSR count). The Balaban J connectivity index is 1.52. The Hall–Kier alpha value is -4.49. The highest BCUT2D eigenvalue weighted by molar-refractivity contribution is 7.87. The van der Waals surface area contributed by atoms with Gasteiger partial charge < -0.3 is 19.4 Å². The molecule has 1 aliphatic heterocycles. The van der Waals surface area contributed by atoms with Gasteiger partial charge in [-0.25, -0.2) is 4.79 Å². The average Bonchev–Trinajstić information content (AvgIpc) is 3.37. The van der Waals surface area contributed by atoms with Crippen molar-refractivity contribution in [3.8, 4) is 5.75 Å². The quantitative estimate of drug-likeness (QED) is 0.172. The van der Waals surface area contributed by atoms with Crippen molar-refractivity contribution in [2.45, 2.75) is 50.7 Å². The molecule has 226 valence electrons. The van der Waals surface area contributed by atoms with Crippen LogP contribution < -0.4 is 26.1 Å². The van der Waals surface area contributed by atoms with E-state index in [1.807, 2.05) is 24.8 Å². The predicted molar refractivity (Wildman–Crippen MR) is 163 cm³/mol. The van der Waals surface area contributed by atoms with E-state index in [-0.39, 0.29) is 33.4 Å². The minimum atomic E-state index is -4.13. The number of carbonyl (C=O) groups is 1. The Morgan fingerprint density at radius 1 is 1.09 bits per heavy atom. The third kappa shape index (κ3) is 6.18. The van der Waals surface area contributed by atoms with Crippen LogP contribution in [0, 0.1) is 0 Å². The van der Waals surface area contributed by atoms with E-state index in [9.17, 15) is 22.8 Å². The minimum absolute atomic E-state index is 0.0361. The number of aromatic nitrogens is 4. The summed E-state index contributed by atoms with van der Waals surface area (Å²) in [6.45, 7) is 4.96. The van der Waals surface area contributed by atoms with Crippen LogP contribution in [0.15, 0.2) is 80.7 Å². The zero-order valence-corrected chi connectivity index (χ0v) is 25.1. The fourth-order valence-electron chi connectivity index (χ4n) is 5.10. The van der Waals surface area contributed by atoms with Crippen molar-refractivity contribution in [1.29, 1.82) is 0 Å². The third-order valence-electron chi connectivity index (χ3n) is 7.33. The molecule has 0 spiro atoms. The maximum atomic E-state index is 13.9. The summed E-state index contributed by atoms with van der Waals surface area (Å²) < 4.78 is 34.5. The summed E-state index contributed by atoms with van der Waals surface area (Å²) >= 11 is 0. The molecule has 0 radical (unpaired) electrons. The topological polar surface area (TPSA) is 152 Å². The number of allylic oxidation sites excluding steroid dienone is 2. The molecule has 1 aliphatic rings. The number of nitrogens with zero attached hydrogens (tertiary/aromatic N) is 5. The SMILES string of the molecule is CC(C)=CCn1c(N2CCCC(N)C2)nc2c1c(=O)n(CC(=O)c1cccc(OS(=O)(=O)c3ccccc3)c1)c(=O)n2C. The maximum absolute atomic E-state index is 13.9. The van der Waals surface area contributed by atoms with E-state index < -0.39 is 33.7 Å². The van der Waals surface area contributed by atoms with E-state index in [0.717, 1.165) is 23.0 Å². The van der Waals surface area contributed by atoms with Crippen molar-refractivity contribution < 1.29 is 17.4 Å². The number of piperidine rings is 1. The van der Waals surface area contributed by atoms with Gasteiger partial charge in [-0.1, -0.05) is 42.0 Å². The number of hydrogen-bond acceptors (Lipinski definition) is 9. The summed E-state index contributed by atoms with van der Waals surface area (Å²) in [5.41, 5.74) is 6.43. The lowest BCUT2D eigenvalue weighted by atomic mass is 10.1. The molecular formula is C30H34N6O6S. The van der Waals surface area contributed by atoms with Gasteiger partial charge in [0.2, 0.25) is 5.95 Å². The van der Waals surface area contributed by atoms with Crippen LogP contribution in [0.2, 0.25) is 0 Å². The Bertz CT molecular complexity index is 1940. The summed E-state index contributed by atoms with van der Waals surface area (Å²) in [5.74, 6) is -0.100. The average molecular weight is 607 g/mol. The smallest absolute Gasteiger partial charge is 0.339 e. The van der Waals surface area contributed by atoms with E-state index in [2.05, 4.69) is 0 Å². The minimum Gasteiger partial charge on any atom is -0.379 e. The number of Topliss-reactive ketones (excluding diaryl/α,β-unsaturated/α-hetero) is 1. The van der Waals surface area contributed by atoms with E-state index in [0.29, 0.717) is 25.6 Å². The lowest BCUT2D eigenvalue weighted by Crippen LogP contribution is -2.44. The number of hydrogen-bond donors (Lipinski definition) is 1. The highest BCUT2D eigenvalue weighted by Crippen LogP contribution is 2.24. The summed E-state index contributed by atoms with van der Waals surface area (Å²) in [4.78, 5) is 47.3. The Morgan fingerprint density at radius 3 is 2.53 bits per heavy atom. The molecule has 1 unspecified atom stereocenters. The number of rotatable bonds is 9. The van der Waals surface area contributed by atoms with Crippen molar-refractivity contribution in [3.63, 3.8) is 0 Å². The van der Waals surface area contributed by atoms with Crippen LogP contribution in [0.5, 0.6) is 5.75 Å². The van der Waals surface area contributed by atoms with Gasteiger partial charge in [0.25, 0.3) is 5.56 Å². The lowest BCUT2D eigenvalue weighted by Gasteiger charge is -2.31. The summed E-state index contributed by atoms with van der Waals surface area (Å²) in [7, 11) is -2.62. The van der Waals surface area contributed by atoms with E-state index in [1.165, 1.54) is 48.0 Å². The summed E-state index contributed by atoms with van der Waals surface area (Å²) in [6, 6.07) is 13.2. The molecule has 0 bridgehead atoms. The maximum Gasteiger partial charge on any atom is 0.339 e. The molecule has 1 atom stereocenters. The third-order valence-corrected chi connectivity index (χ3v) is 8.59. The molecule has 3 heterocycles. The van der Waals surface area contributed by atoms with Crippen LogP contribution in [-0.4, -0.2) is 52.0 Å². The number of nitrogens with two attached hydrogens (primary N) is 1. The second-order valence-electron chi connectivity index (χ2n) is 10.9. The van der Waals surface area contributed by atoms with Gasteiger partial charge in [0.15, 0.2) is 16.9 Å². The second-order valence-corrected chi connectivity index (χ2v) is 12.4. The second kappa shape index (κ2) is 12.0. The molecule has 0 amide bonds. The van der Waals surface area contributed by atoms with Crippen molar-refractivity contribution >= 4 is 33.0 Å². The van der Waals surface area contributed by atoms with Crippen molar-refractivity contribution in [1.82, 2.24) is 18.7 Å². The standard InChI is InChI=1S/C30H34N6O6S/c1-20(2)14-16-35-26-27(32-29(35)34-15-8-10-22(31)18-34)33(3)30(39)36(28(26)38)19-25(37)21-9-7-11-23(17-21)42-43(40,41)24-12-5-4-6-13-24/h4-7,9,11-14,17,22H,8,10,15-16,18-19,31H2,1-3H3. The van der Waals surface area contributed by atoms with E-state index >= 15 is 0 Å². The number of fused-ring (bicyclic) bond motifs is 1. The van der Waals surface area contributed by atoms with Crippen LogP contribution in [-0.2, 0) is 30.3 Å². The highest BCUT2D eigenvalue weighted by atomic mass is 32.2.